The molecule has 1 aliphatic rings. The van der Waals surface area contributed by atoms with E-state index in [1.807, 2.05) is 30.3 Å². The average Bonchev–Trinajstić information content (AvgIpc) is 3.03. The number of amides is 1. The number of aliphatic hydroxyl groups is 1. The third-order valence-corrected chi connectivity index (χ3v) is 4.37. The Labute approximate surface area is 141 Å². The highest BCUT2D eigenvalue weighted by molar-refractivity contribution is 5.78. The lowest BCUT2D eigenvalue weighted by molar-refractivity contribution is -0.127. The predicted molar refractivity (Wildman–Crippen MR) is 88.2 cm³/mol. The van der Waals surface area contributed by atoms with E-state index in [0.29, 0.717) is 37.5 Å². The molecule has 128 valence electrons. The zero-order chi connectivity index (χ0) is 16.8. The molecular formula is C18H23N3O3. The SMILES string of the molecule is O=C(NCCc1nc(Cc2ccccc2)no1)[C@H]1CCC[C@H](O)C1. The number of benzene rings is 1. The maximum absolute atomic E-state index is 12.1. The standard InChI is InChI=1S/C18H23N3O3/c22-15-8-4-7-14(12-15)18(23)19-10-9-17-20-16(21-24-17)11-13-5-2-1-3-6-13/h1-3,5-6,14-15,22H,4,7-12H2,(H,19,23)/t14-,15-/m0/s1. The van der Waals surface area contributed by atoms with Crippen LogP contribution in [0, 0.1) is 5.92 Å². The largest absolute Gasteiger partial charge is 0.393 e. The molecule has 2 N–H and O–H groups in total. The van der Waals surface area contributed by atoms with Gasteiger partial charge >= 0.3 is 0 Å². The van der Waals surface area contributed by atoms with Gasteiger partial charge in [-0.25, -0.2) is 0 Å². The number of nitrogens with zero attached hydrogens (tertiary/aromatic N) is 2. The van der Waals surface area contributed by atoms with Gasteiger partial charge in [0.15, 0.2) is 5.82 Å². The van der Waals surface area contributed by atoms with Crippen LogP contribution in [0.15, 0.2) is 34.9 Å². The minimum atomic E-state index is -0.342. The molecule has 1 aromatic heterocycles. The van der Waals surface area contributed by atoms with Crippen LogP contribution < -0.4 is 5.32 Å². The Bertz CT molecular complexity index is 657. The molecule has 0 unspecified atom stereocenters. The number of hydrogen-bond donors (Lipinski definition) is 2. The van der Waals surface area contributed by atoms with Crippen LogP contribution >= 0.6 is 0 Å². The fraction of sp³-hybridized carbons (Fsp3) is 0.500. The van der Waals surface area contributed by atoms with Crippen LogP contribution in [0.25, 0.3) is 0 Å². The van der Waals surface area contributed by atoms with Crippen molar-refractivity contribution in [1.29, 1.82) is 0 Å². The van der Waals surface area contributed by atoms with Crippen molar-refractivity contribution in [3.05, 3.63) is 47.6 Å². The van der Waals surface area contributed by atoms with E-state index >= 15 is 0 Å². The first-order chi connectivity index (χ1) is 11.7. The van der Waals surface area contributed by atoms with E-state index in [-0.39, 0.29) is 17.9 Å². The number of hydrogen-bond acceptors (Lipinski definition) is 5. The van der Waals surface area contributed by atoms with Crippen LogP contribution in [0.2, 0.25) is 0 Å². The third-order valence-electron chi connectivity index (χ3n) is 4.37. The first-order valence-corrected chi connectivity index (χ1v) is 8.52. The maximum Gasteiger partial charge on any atom is 0.228 e. The van der Waals surface area contributed by atoms with Crippen molar-refractivity contribution in [3.63, 3.8) is 0 Å². The summed E-state index contributed by atoms with van der Waals surface area (Å²) < 4.78 is 5.23. The Kier molecular flexibility index (Phi) is 5.59. The summed E-state index contributed by atoms with van der Waals surface area (Å²) in [5.74, 6) is 1.12. The van der Waals surface area contributed by atoms with Gasteiger partial charge in [0.05, 0.1) is 6.10 Å². The highest BCUT2D eigenvalue weighted by atomic mass is 16.5. The number of aliphatic hydroxyl groups excluding tert-OH is 1. The molecule has 0 spiro atoms. The smallest absolute Gasteiger partial charge is 0.228 e. The first kappa shape index (κ1) is 16.6. The molecule has 6 nitrogen and oxygen atoms in total. The predicted octanol–water partition coefficient (Wildman–Crippen LogP) is 1.87. The molecule has 6 heteroatoms. The van der Waals surface area contributed by atoms with Gasteiger partial charge in [-0.15, -0.1) is 0 Å². The normalized spacial score (nSPS) is 20.7. The summed E-state index contributed by atoms with van der Waals surface area (Å²) in [7, 11) is 0. The zero-order valence-corrected chi connectivity index (χ0v) is 13.6. The molecule has 24 heavy (non-hydrogen) atoms. The molecule has 3 rings (SSSR count). The maximum atomic E-state index is 12.1. The molecule has 1 heterocycles. The van der Waals surface area contributed by atoms with Gasteiger partial charge in [0.2, 0.25) is 11.8 Å². The molecule has 1 aromatic carbocycles. The van der Waals surface area contributed by atoms with Crippen LogP contribution in [-0.4, -0.2) is 33.8 Å². The number of aromatic nitrogens is 2. The van der Waals surface area contributed by atoms with Crippen LogP contribution in [0.3, 0.4) is 0 Å². The second kappa shape index (κ2) is 8.06. The van der Waals surface area contributed by atoms with Crippen molar-refractivity contribution in [3.8, 4) is 0 Å². The monoisotopic (exact) mass is 329 g/mol. The number of nitrogens with one attached hydrogen (secondary N) is 1. The lowest BCUT2D eigenvalue weighted by atomic mass is 9.87. The lowest BCUT2D eigenvalue weighted by Crippen LogP contribution is -2.36. The highest BCUT2D eigenvalue weighted by Crippen LogP contribution is 2.24. The second-order valence-corrected chi connectivity index (χ2v) is 6.33. The Balaban J connectivity index is 1.43. The molecule has 2 atom stereocenters. The van der Waals surface area contributed by atoms with E-state index in [4.69, 9.17) is 4.52 Å². The Morgan fingerprint density at radius 2 is 2.12 bits per heavy atom. The minimum absolute atomic E-state index is 0.0118. The Hall–Kier alpha value is -2.21. The number of carbonyl (C=O) groups excluding carboxylic acids is 1. The third kappa shape index (κ3) is 4.64. The van der Waals surface area contributed by atoms with Gasteiger partial charge < -0.3 is 14.9 Å². The summed E-state index contributed by atoms with van der Waals surface area (Å²) in [5, 5.41) is 16.5. The fourth-order valence-corrected chi connectivity index (χ4v) is 3.08. The number of rotatable bonds is 6. The molecule has 2 aromatic rings. The molecule has 1 aliphatic carbocycles. The van der Waals surface area contributed by atoms with E-state index in [1.54, 1.807) is 0 Å². The summed E-state index contributed by atoms with van der Waals surface area (Å²) in [6.07, 6.45) is 3.94. The molecule has 1 saturated carbocycles. The zero-order valence-electron chi connectivity index (χ0n) is 13.6. The fourth-order valence-electron chi connectivity index (χ4n) is 3.08. The van der Waals surface area contributed by atoms with E-state index in [1.165, 1.54) is 0 Å². The summed E-state index contributed by atoms with van der Waals surface area (Å²) >= 11 is 0. The van der Waals surface area contributed by atoms with Gasteiger partial charge in [0.1, 0.15) is 0 Å². The first-order valence-electron chi connectivity index (χ1n) is 8.52. The van der Waals surface area contributed by atoms with Crippen molar-refractivity contribution in [2.75, 3.05) is 6.54 Å². The van der Waals surface area contributed by atoms with Gasteiger partial charge in [-0.3, -0.25) is 4.79 Å². The van der Waals surface area contributed by atoms with Crippen LogP contribution in [0.5, 0.6) is 0 Å². The molecule has 0 aliphatic heterocycles. The van der Waals surface area contributed by atoms with Crippen LogP contribution in [0.1, 0.15) is 43.0 Å². The van der Waals surface area contributed by atoms with Crippen molar-refractivity contribution >= 4 is 5.91 Å². The summed E-state index contributed by atoms with van der Waals surface area (Å²) in [4.78, 5) is 16.4. The Morgan fingerprint density at radius 1 is 1.29 bits per heavy atom. The Morgan fingerprint density at radius 3 is 2.92 bits per heavy atom. The van der Waals surface area contributed by atoms with Gasteiger partial charge in [-0.1, -0.05) is 41.9 Å². The van der Waals surface area contributed by atoms with E-state index < -0.39 is 0 Å². The van der Waals surface area contributed by atoms with Crippen molar-refractivity contribution in [2.45, 2.75) is 44.6 Å². The summed E-state index contributed by atoms with van der Waals surface area (Å²) in [6, 6.07) is 9.98. The molecular weight excluding hydrogens is 306 g/mol. The van der Waals surface area contributed by atoms with Crippen molar-refractivity contribution in [1.82, 2.24) is 15.5 Å². The molecule has 0 saturated heterocycles. The lowest BCUT2D eigenvalue weighted by Gasteiger charge is -2.24. The highest BCUT2D eigenvalue weighted by Gasteiger charge is 2.25. The van der Waals surface area contributed by atoms with Gasteiger partial charge in [0.25, 0.3) is 0 Å². The van der Waals surface area contributed by atoms with Gasteiger partial charge in [-0.05, 0) is 24.8 Å². The van der Waals surface area contributed by atoms with Crippen molar-refractivity contribution in [2.24, 2.45) is 5.92 Å². The average molecular weight is 329 g/mol. The topological polar surface area (TPSA) is 88.3 Å². The minimum Gasteiger partial charge on any atom is -0.393 e. The van der Waals surface area contributed by atoms with E-state index in [0.717, 1.165) is 24.8 Å². The molecule has 1 amide bonds. The second-order valence-electron chi connectivity index (χ2n) is 6.33. The molecule has 0 bridgehead atoms. The summed E-state index contributed by atoms with van der Waals surface area (Å²) in [5.41, 5.74) is 1.13. The van der Waals surface area contributed by atoms with Gasteiger partial charge in [0, 0.05) is 25.3 Å². The van der Waals surface area contributed by atoms with Gasteiger partial charge in [-0.2, -0.15) is 4.98 Å². The van der Waals surface area contributed by atoms with Crippen LogP contribution in [-0.2, 0) is 17.6 Å². The molecule has 1 fully saturated rings. The summed E-state index contributed by atoms with van der Waals surface area (Å²) in [6.45, 7) is 0.471. The van der Waals surface area contributed by atoms with Crippen LogP contribution in [0.4, 0.5) is 0 Å². The van der Waals surface area contributed by atoms with Crippen molar-refractivity contribution < 1.29 is 14.4 Å². The van der Waals surface area contributed by atoms with E-state index in [9.17, 15) is 9.90 Å². The van der Waals surface area contributed by atoms with E-state index in [2.05, 4.69) is 15.5 Å². The molecule has 0 radical (unpaired) electrons. The quantitative estimate of drug-likeness (QED) is 0.844. The number of carbonyl (C=O) groups is 1.